The standard InChI is InChI=1S/C18H23N5/c1-4-23-6-5-13-14(8-19)17(22)18(10-20,11-21)16(7-12(2)3)15(13)9-23/h5,12,15-16H,4,6-7,9,22H2,1-3H3. The van der Waals surface area contributed by atoms with Crippen LogP contribution in [0.3, 0.4) is 0 Å². The first-order valence-electron chi connectivity index (χ1n) is 8.10. The molecule has 2 N–H and O–H groups in total. The summed E-state index contributed by atoms with van der Waals surface area (Å²) in [6, 6.07) is 6.47. The second-order valence-corrected chi connectivity index (χ2v) is 6.79. The fourth-order valence-corrected chi connectivity index (χ4v) is 3.86. The van der Waals surface area contributed by atoms with Crippen LogP contribution < -0.4 is 5.73 Å². The van der Waals surface area contributed by atoms with Crippen molar-refractivity contribution >= 4 is 0 Å². The lowest BCUT2D eigenvalue weighted by molar-refractivity contribution is 0.152. The third-order valence-electron chi connectivity index (χ3n) is 5.09. The lowest BCUT2D eigenvalue weighted by Gasteiger charge is -2.46. The number of hydrogen-bond acceptors (Lipinski definition) is 5. The first-order valence-corrected chi connectivity index (χ1v) is 8.10. The molecule has 2 aliphatic rings. The van der Waals surface area contributed by atoms with Crippen LogP contribution in [0.25, 0.3) is 0 Å². The largest absolute Gasteiger partial charge is 0.399 e. The van der Waals surface area contributed by atoms with Crippen LogP contribution in [0.4, 0.5) is 0 Å². The van der Waals surface area contributed by atoms with Crippen LogP contribution in [-0.4, -0.2) is 24.5 Å². The zero-order chi connectivity index (χ0) is 17.2. The molecule has 5 nitrogen and oxygen atoms in total. The Kier molecular flexibility index (Phi) is 4.79. The highest BCUT2D eigenvalue weighted by atomic mass is 15.1. The van der Waals surface area contributed by atoms with Crippen molar-refractivity contribution in [1.29, 1.82) is 15.8 Å². The molecule has 2 unspecified atom stereocenters. The molecule has 0 aromatic carbocycles. The highest BCUT2D eigenvalue weighted by molar-refractivity contribution is 5.56. The van der Waals surface area contributed by atoms with Crippen LogP contribution in [0.2, 0.25) is 0 Å². The van der Waals surface area contributed by atoms with Gasteiger partial charge in [-0.2, -0.15) is 15.8 Å². The molecule has 0 bridgehead atoms. The number of likely N-dealkylation sites (N-methyl/N-ethyl adjacent to an activating group) is 1. The summed E-state index contributed by atoms with van der Waals surface area (Å²) in [4.78, 5) is 2.28. The molecule has 0 spiro atoms. The second kappa shape index (κ2) is 6.45. The van der Waals surface area contributed by atoms with Crippen LogP contribution in [0.1, 0.15) is 27.2 Å². The number of rotatable bonds is 3. The molecule has 0 amide bonds. The topological polar surface area (TPSA) is 101 Å². The Morgan fingerprint density at radius 3 is 2.48 bits per heavy atom. The number of hydrogen-bond donors (Lipinski definition) is 1. The number of nitrogens with two attached hydrogens (primary N) is 1. The second-order valence-electron chi connectivity index (χ2n) is 6.79. The van der Waals surface area contributed by atoms with E-state index in [0.29, 0.717) is 11.5 Å². The van der Waals surface area contributed by atoms with Gasteiger partial charge in [0.25, 0.3) is 0 Å². The van der Waals surface area contributed by atoms with E-state index in [9.17, 15) is 15.8 Å². The van der Waals surface area contributed by atoms with Crippen LogP contribution in [0.15, 0.2) is 22.9 Å². The number of allylic oxidation sites excluding steroid dienone is 2. The molecular weight excluding hydrogens is 286 g/mol. The van der Waals surface area contributed by atoms with Crippen LogP contribution >= 0.6 is 0 Å². The molecule has 2 rings (SSSR count). The summed E-state index contributed by atoms with van der Waals surface area (Å²) in [7, 11) is 0. The summed E-state index contributed by atoms with van der Waals surface area (Å²) >= 11 is 0. The first-order chi connectivity index (χ1) is 10.9. The maximum Gasteiger partial charge on any atom is 0.187 e. The molecule has 1 heterocycles. The molecule has 23 heavy (non-hydrogen) atoms. The fraction of sp³-hybridized carbons (Fsp3) is 0.611. The predicted octanol–water partition coefficient (Wildman–Crippen LogP) is 2.31. The van der Waals surface area contributed by atoms with E-state index < -0.39 is 5.41 Å². The number of fused-ring (bicyclic) bond motifs is 1. The quantitative estimate of drug-likeness (QED) is 0.862. The molecule has 1 aliphatic carbocycles. The van der Waals surface area contributed by atoms with Gasteiger partial charge in [-0.05, 0) is 24.5 Å². The highest BCUT2D eigenvalue weighted by Crippen LogP contribution is 2.51. The van der Waals surface area contributed by atoms with Crippen LogP contribution in [0, 0.1) is 57.2 Å². The average Bonchev–Trinajstić information content (AvgIpc) is 2.55. The van der Waals surface area contributed by atoms with Crippen molar-refractivity contribution < 1.29 is 0 Å². The maximum atomic E-state index is 9.79. The SMILES string of the molecule is CCN1CC=C2C(C#N)=C(N)C(C#N)(C#N)C(CC(C)C)C2C1. The van der Waals surface area contributed by atoms with E-state index in [-0.39, 0.29) is 17.5 Å². The van der Waals surface area contributed by atoms with Gasteiger partial charge in [0.05, 0.1) is 23.4 Å². The molecule has 120 valence electrons. The monoisotopic (exact) mass is 309 g/mol. The van der Waals surface area contributed by atoms with Crippen molar-refractivity contribution in [2.75, 3.05) is 19.6 Å². The minimum absolute atomic E-state index is 0.00681. The Balaban J connectivity index is 2.68. The van der Waals surface area contributed by atoms with Gasteiger partial charge in [0.2, 0.25) is 0 Å². The molecule has 0 aromatic heterocycles. The molecule has 2 atom stereocenters. The lowest BCUT2D eigenvalue weighted by atomic mass is 9.58. The minimum atomic E-state index is -1.41. The zero-order valence-corrected chi connectivity index (χ0v) is 14.0. The van der Waals surface area contributed by atoms with Crippen molar-refractivity contribution in [1.82, 2.24) is 4.90 Å². The molecule has 0 radical (unpaired) electrons. The molecular formula is C18H23N5. The third-order valence-corrected chi connectivity index (χ3v) is 5.09. The summed E-state index contributed by atoms with van der Waals surface area (Å²) in [6.45, 7) is 8.72. The first kappa shape index (κ1) is 17.1. The Labute approximate surface area is 138 Å². The van der Waals surface area contributed by atoms with E-state index in [2.05, 4.69) is 50.0 Å². The van der Waals surface area contributed by atoms with Gasteiger partial charge in [-0.25, -0.2) is 0 Å². The summed E-state index contributed by atoms with van der Waals surface area (Å²) in [5, 5.41) is 29.1. The maximum absolute atomic E-state index is 9.79. The Hall–Kier alpha value is -2.29. The summed E-state index contributed by atoms with van der Waals surface area (Å²) < 4.78 is 0. The summed E-state index contributed by atoms with van der Waals surface area (Å²) in [5.41, 5.74) is 6.19. The average molecular weight is 309 g/mol. The van der Waals surface area contributed by atoms with E-state index in [4.69, 9.17) is 5.73 Å². The molecule has 0 fully saturated rings. The van der Waals surface area contributed by atoms with E-state index in [1.165, 1.54) is 0 Å². The molecule has 0 aromatic rings. The van der Waals surface area contributed by atoms with Crippen molar-refractivity contribution in [2.24, 2.45) is 28.9 Å². The van der Waals surface area contributed by atoms with E-state index in [1.807, 2.05) is 0 Å². The smallest absolute Gasteiger partial charge is 0.187 e. The van der Waals surface area contributed by atoms with Gasteiger partial charge < -0.3 is 5.73 Å². The van der Waals surface area contributed by atoms with Crippen LogP contribution in [0.5, 0.6) is 0 Å². The summed E-state index contributed by atoms with van der Waals surface area (Å²) in [6.07, 6.45) is 2.79. The molecule has 0 saturated carbocycles. The number of nitrogens with zero attached hydrogens (tertiary/aromatic N) is 4. The molecule has 5 heteroatoms. The fourth-order valence-electron chi connectivity index (χ4n) is 3.86. The molecule has 1 aliphatic heterocycles. The third kappa shape index (κ3) is 2.61. The van der Waals surface area contributed by atoms with Crippen LogP contribution in [-0.2, 0) is 0 Å². The Bertz CT molecular complexity index is 651. The summed E-state index contributed by atoms with van der Waals surface area (Å²) in [5.74, 6) is 0.165. The molecule has 0 saturated heterocycles. The van der Waals surface area contributed by atoms with Crippen molar-refractivity contribution in [2.45, 2.75) is 27.2 Å². The van der Waals surface area contributed by atoms with Gasteiger partial charge in [0.15, 0.2) is 5.41 Å². The van der Waals surface area contributed by atoms with Crippen molar-refractivity contribution in [3.63, 3.8) is 0 Å². The minimum Gasteiger partial charge on any atom is -0.399 e. The van der Waals surface area contributed by atoms with Gasteiger partial charge in [-0.3, -0.25) is 4.90 Å². The van der Waals surface area contributed by atoms with Crippen molar-refractivity contribution in [3.8, 4) is 18.2 Å². The van der Waals surface area contributed by atoms with Gasteiger partial charge in [0.1, 0.15) is 6.07 Å². The Morgan fingerprint density at radius 2 is 2.00 bits per heavy atom. The highest BCUT2D eigenvalue weighted by Gasteiger charge is 2.53. The van der Waals surface area contributed by atoms with E-state index in [0.717, 1.165) is 31.6 Å². The lowest BCUT2D eigenvalue weighted by Crippen LogP contribution is -2.49. The van der Waals surface area contributed by atoms with E-state index >= 15 is 0 Å². The van der Waals surface area contributed by atoms with Gasteiger partial charge in [0, 0.05) is 24.9 Å². The van der Waals surface area contributed by atoms with Crippen molar-refractivity contribution in [3.05, 3.63) is 22.9 Å². The normalized spacial score (nSPS) is 26.7. The zero-order valence-electron chi connectivity index (χ0n) is 14.0. The van der Waals surface area contributed by atoms with Gasteiger partial charge in [-0.1, -0.05) is 26.8 Å². The van der Waals surface area contributed by atoms with Gasteiger partial charge >= 0.3 is 0 Å². The number of nitriles is 3. The predicted molar refractivity (Wildman–Crippen MR) is 87.1 cm³/mol. The van der Waals surface area contributed by atoms with Gasteiger partial charge in [-0.15, -0.1) is 0 Å². The van der Waals surface area contributed by atoms with E-state index in [1.54, 1.807) is 0 Å². The Morgan fingerprint density at radius 1 is 1.35 bits per heavy atom.